The molecule has 1 fully saturated rings. The molecule has 2 bridgehead atoms. The van der Waals surface area contributed by atoms with Crippen molar-refractivity contribution in [3.8, 4) is 11.4 Å². The number of hydrogen-bond donors (Lipinski definition) is 0. The molecule has 17 heavy (non-hydrogen) atoms. The van der Waals surface area contributed by atoms with Gasteiger partial charge in [0, 0.05) is 23.9 Å². The number of fused-ring (bicyclic) bond motifs is 5. The van der Waals surface area contributed by atoms with Crippen LogP contribution in [0.3, 0.4) is 0 Å². The average molecular weight is 225 g/mol. The fraction of sp³-hybridized carbons (Fsp3) is 0.429. The Kier molecular flexibility index (Phi) is 1.76. The van der Waals surface area contributed by atoms with Crippen LogP contribution in [0.5, 0.6) is 0 Å². The van der Waals surface area contributed by atoms with Crippen molar-refractivity contribution in [2.75, 3.05) is 0 Å². The highest BCUT2D eigenvalue weighted by molar-refractivity contribution is 5.54. The van der Waals surface area contributed by atoms with Gasteiger partial charge in [0.1, 0.15) is 11.5 Å². The van der Waals surface area contributed by atoms with Gasteiger partial charge < -0.3 is 4.57 Å². The van der Waals surface area contributed by atoms with Crippen molar-refractivity contribution in [2.45, 2.75) is 38.1 Å². The summed E-state index contributed by atoms with van der Waals surface area (Å²) in [6.45, 7) is 2.02. The number of imidazole rings is 1. The van der Waals surface area contributed by atoms with Crippen LogP contribution in [0.15, 0.2) is 24.4 Å². The molecule has 0 aromatic carbocycles. The quantitative estimate of drug-likeness (QED) is 0.746. The van der Waals surface area contributed by atoms with E-state index < -0.39 is 0 Å². The summed E-state index contributed by atoms with van der Waals surface area (Å²) in [5.74, 6) is 2.00. The van der Waals surface area contributed by atoms with Gasteiger partial charge in [0.05, 0.1) is 5.69 Å². The van der Waals surface area contributed by atoms with Crippen molar-refractivity contribution in [1.29, 1.82) is 0 Å². The zero-order chi connectivity index (χ0) is 11.4. The molecule has 0 radical (unpaired) electrons. The number of nitrogens with zero attached hydrogens (tertiary/aromatic N) is 3. The standard InChI is InChI=1S/C14H15N3/c1-9-3-2-4-12(15-9)13-8-17-11-6-5-10(7-11)14(17)16-13/h2-4,8,10-11H,5-7H2,1H3. The van der Waals surface area contributed by atoms with Crippen LogP contribution in [0.25, 0.3) is 11.4 Å². The Bertz CT molecular complexity index is 557. The Hall–Kier alpha value is -1.64. The molecule has 0 N–H and O–H groups in total. The van der Waals surface area contributed by atoms with Crippen molar-refractivity contribution >= 4 is 0 Å². The maximum atomic E-state index is 4.79. The molecular weight excluding hydrogens is 210 g/mol. The molecule has 2 atom stereocenters. The molecule has 4 rings (SSSR count). The minimum Gasteiger partial charge on any atom is -0.331 e. The summed E-state index contributed by atoms with van der Waals surface area (Å²) in [6, 6.07) is 6.83. The minimum atomic E-state index is 0.707. The summed E-state index contributed by atoms with van der Waals surface area (Å²) in [4.78, 5) is 9.34. The smallest absolute Gasteiger partial charge is 0.112 e. The van der Waals surface area contributed by atoms with Gasteiger partial charge in [-0.25, -0.2) is 4.98 Å². The molecule has 0 saturated heterocycles. The van der Waals surface area contributed by atoms with Gasteiger partial charge in [-0.15, -0.1) is 0 Å². The van der Waals surface area contributed by atoms with Gasteiger partial charge in [-0.3, -0.25) is 4.98 Å². The van der Waals surface area contributed by atoms with Crippen LogP contribution in [0.1, 0.15) is 42.7 Å². The fourth-order valence-corrected chi connectivity index (χ4v) is 3.26. The molecule has 1 aliphatic heterocycles. The first kappa shape index (κ1) is 9.40. The first-order valence-corrected chi connectivity index (χ1v) is 6.34. The highest BCUT2D eigenvalue weighted by atomic mass is 15.1. The van der Waals surface area contributed by atoms with Crippen LogP contribution in [0.2, 0.25) is 0 Å². The van der Waals surface area contributed by atoms with E-state index in [-0.39, 0.29) is 0 Å². The van der Waals surface area contributed by atoms with Gasteiger partial charge in [-0.1, -0.05) is 6.07 Å². The number of aromatic nitrogens is 3. The van der Waals surface area contributed by atoms with Gasteiger partial charge >= 0.3 is 0 Å². The summed E-state index contributed by atoms with van der Waals surface area (Å²) in [7, 11) is 0. The third-order valence-corrected chi connectivity index (χ3v) is 4.08. The molecule has 1 aliphatic carbocycles. The normalized spacial score (nSPS) is 25.2. The monoisotopic (exact) mass is 225 g/mol. The average Bonchev–Trinajstić information content (AvgIpc) is 3.01. The lowest BCUT2D eigenvalue weighted by molar-refractivity contribution is 0.526. The highest BCUT2D eigenvalue weighted by Gasteiger charge is 2.38. The van der Waals surface area contributed by atoms with Crippen molar-refractivity contribution in [3.63, 3.8) is 0 Å². The van der Waals surface area contributed by atoms with Crippen molar-refractivity contribution < 1.29 is 0 Å². The molecule has 0 amide bonds. The molecule has 3 nitrogen and oxygen atoms in total. The maximum absolute atomic E-state index is 4.79. The third kappa shape index (κ3) is 1.28. The summed E-state index contributed by atoms with van der Waals surface area (Å²) in [5.41, 5.74) is 3.10. The van der Waals surface area contributed by atoms with E-state index in [2.05, 4.69) is 21.8 Å². The largest absolute Gasteiger partial charge is 0.331 e. The van der Waals surface area contributed by atoms with Crippen molar-refractivity contribution in [3.05, 3.63) is 35.9 Å². The van der Waals surface area contributed by atoms with Crippen LogP contribution in [0, 0.1) is 6.92 Å². The van der Waals surface area contributed by atoms with Crippen molar-refractivity contribution in [1.82, 2.24) is 14.5 Å². The maximum Gasteiger partial charge on any atom is 0.112 e. The Morgan fingerprint density at radius 2 is 2.12 bits per heavy atom. The van der Waals surface area contributed by atoms with Crippen LogP contribution in [0.4, 0.5) is 0 Å². The lowest BCUT2D eigenvalue weighted by Gasteiger charge is -2.11. The van der Waals surface area contributed by atoms with Crippen molar-refractivity contribution in [2.24, 2.45) is 0 Å². The molecule has 2 unspecified atom stereocenters. The number of rotatable bonds is 1. The van der Waals surface area contributed by atoms with Gasteiger partial charge in [0.2, 0.25) is 0 Å². The van der Waals surface area contributed by atoms with Crippen LogP contribution >= 0.6 is 0 Å². The molecule has 3 heterocycles. The second-order valence-corrected chi connectivity index (χ2v) is 5.22. The van der Waals surface area contributed by atoms with E-state index in [1.165, 1.54) is 25.1 Å². The molecular formula is C14H15N3. The van der Waals surface area contributed by atoms with Gasteiger partial charge in [-0.2, -0.15) is 0 Å². The molecule has 1 saturated carbocycles. The van der Waals surface area contributed by atoms with E-state index >= 15 is 0 Å². The van der Waals surface area contributed by atoms with Gasteiger partial charge in [0.15, 0.2) is 0 Å². The predicted molar refractivity (Wildman–Crippen MR) is 65.8 cm³/mol. The zero-order valence-corrected chi connectivity index (χ0v) is 9.93. The summed E-state index contributed by atoms with van der Waals surface area (Å²) in [5, 5.41) is 0. The minimum absolute atomic E-state index is 0.707. The first-order chi connectivity index (χ1) is 8.31. The third-order valence-electron chi connectivity index (χ3n) is 4.08. The molecule has 2 aromatic rings. The zero-order valence-electron chi connectivity index (χ0n) is 9.93. The highest BCUT2D eigenvalue weighted by Crippen LogP contribution is 2.48. The van der Waals surface area contributed by atoms with E-state index in [1.807, 2.05) is 19.1 Å². The SMILES string of the molecule is Cc1cccc(-c2cn3c(n2)C2CCC3C2)n1. The fourth-order valence-electron chi connectivity index (χ4n) is 3.26. The summed E-state index contributed by atoms with van der Waals surface area (Å²) in [6.07, 6.45) is 6.15. The van der Waals surface area contributed by atoms with E-state index in [1.54, 1.807) is 0 Å². The van der Waals surface area contributed by atoms with Crippen LogP contribution < -0.4 is 0 Å². The van der Waals surface area contributed by atoms with E-state index in [9.17, 15) is 0 Å². The lowest BCUT2D eigenvalue weighted by atomic mass is 10.1. The van der Waals surface area contributed by atoms with E-state index in [0.717, 1.165) is 17.1 Å². The molecule has 86 valence electrons. The molecule has 2 aliphatic rings. The first-order valence-electron chi connectivity index (χ1n) is 6.34. The van der Waals surface area contributed by atoms with Crippen LogP contribution in [-0.2, 0) is 0 Å². The molecule has 0 spiro atoms. The van der Waals surface area contributed by atoms with E-state index in [0.29, 0.717) is 12.0 Å². The second-order valence-electron chi connectivity index (χ2n) is 5.22. The Morgan fingerprint density at radius 1 is 1.18 bits per heavy atom. The second kappa shape index (κ2) is 3.19. The molecule has 3 heteroatoms. The lowest BCUT2D eigenvalue weighted by Crippen LogP contribution is -2.04. The number of hydrogen-bond acceptors (Lipinski definition) is 2. The Morgan fingerprint density at radius 3 is 2.94 bits per heavy atom. The number of pyridine rings is 1. The van der Waals surface area contributed by atoms with E-state index in [4.69, 9.17) is 4.98 Å². The molecule has 2 aromatic heterocycles. The Balaban J connectivity index is 1.82. The van der Waals surface area contributed by atoms with Gasteiger partial charge in [0.25, 0.3) is 0 Å². The number of aryl methyl sites for hydroxylation is 1. The van der Waals surface area contributed by atoms with Gasteiger partial charge in [-0.05, 0) is 38.3 Å². The van der Waals surface area contributed by atoms with Crippen LogP contribution in [-0.4, -0.2) is 14.5 Å². The predicted octanol–water partition coefficient (Wildman–Crippen LogP) is 3.08. The summed E-state index contributed by atoms with van der Waals surface area (Å²) < 4.78 is 2.38. The Labute approximate surface area is 101 Å². The summed E-state index contributed by atoms with van der Waals surface area (Å²) >= 11 is 0. The topological polar surface area (TPSA) is 30.7 Å².